The second-order valence-corrected chi connectivity index (χ2v) is 4.37. The molecule has 0 atom stereocenters. The Kier molecular flexibility index (Phi) is 2.80. The molecule has 0 saturated carbocycles. The molecule has 0 saturated heterocycles. The summed E-state index contributed by atoms with van der Waals surface area (Å²) in [6, 6.07) is 3.81. The van der Waals surface area contributed by atoms with Crippen molar-refractivity contribution in [1.82, 2.24) is 15.0 Å². The van der Waals surface area contributed by atoms with E-state index in [2.05, 4.69) is 20.3 Å². The Balaban J connectivity index is 2.20. The Morgan fingerprint density at radius 2 is 2.22 bits per heavy atom. The summed E-state index contributed by atoms with van der Waals surface area (Å²) in [5.74, 6) is 0.718. The molecule has 18 heavy (non-hydrogen) atoms. The Morgan fingerprint density at radius 3 is 3.06 bits per heavy atom. The lowest BCUT2D eigenvalue weighted by atomic mass is 10.0. The van der Waals surface area contributed by atoms with Gasteiger partial charge in [0.2, 0.25) is 0 Å². The SMILES string of the molecule is O=c1nc2c(c(-c3cccnc3)[nH]1)CCCCN2. The van der Waals surface area contributed by atoms with Gasteiger partial charge in [-0.25, -0.2) is 4.79 Å². The summed E-state index contributed by atoms with van der Waals surface area (Å²) < 4.78 is 0. The van der Waals surface area contributed by atoms with Gasteiger partial charge in [0, 0.05) is 30.1 Å². The molecule has 2 N–H and O–H groups in total. The first-order valence-corrected chi connectivity index (χ1v) is 6.12. The number of H-pyrrole nitrogens is 1. The van der Waals surface area contributed by atoms with Gasteiger partial charge >= 0.3 is 5.69 Å². The molecule has 5 heteroatoms. The van der Waals surface area contributed by atoms with Gasteiger partial charge in [-0.15, -0.1) is 0 Å². The molecule has 2 aromatic heterocycles. The normalized spacial score (nSPS) is 14.4. The molecule has 1 aliphatic rings. The molecule has 92 valence electrons. The van der Waals surface area contributed by atoms with Gasteiger partial charge in [0.05, 0.1) is 5.69 Å². The largest absolute Gasteiger partial charge is 0.370 e. The van der Waals surface area contributed by atoms with E-state index in [1.54, 1.807) is 12.4 Å². The molecule has 0 amide bonds. The van der Waals surface area contributed by atoms with Crippen LogP contribution in [0.5, 0.6) is 0 Å². The maximum Gasteiger partial charge on any atom is 0.347 e. The van der Waals surface area contributed by atoms with Crippen LogP contribution < -0.4 is 11.0 Å². The molecule has 0 bridgehead atoms. The van der Waals surface area contributed by atoms with E-state index < -0.39 is 0 Å². The highest BCUT2D eigenvalue weighted by Crippen LogP contribution is 2.27. The first-order valence-electron chi connectivity index (χ1n) is 6.12. The van der Waals surface area contributed by atoms with Crippen LogP contribution in [0.15, 0.2) is 29.3 Å². The third kappa shape index (κ3) is 1.99. The topological polar surface area (TPSA) is 70.7 Å². The van der Waals surface area contributed by atoms with Crippen LogP contribution in [0.25, 0.3) is 11.3 Å². The fourth-order valence-corrected chi connectivity index (χ4v) is 2.28. The highest BCUT2D eigenvalue weighted by atomic mass is 16.1. The molecular weight excluding hydrogens is 228 g/mol. The average Bonchev–Trinajstić information content (AvgIpc) is 2.64. The zero-order valence-electron chi connectivity index (χ0n) is 9.94. The number of nitrogens with zero attached hydrogens (tertiary/aromatic N) is 2. The smallest absolute Gasteiger partial charge is 0.347 e. The lowest BCUT2D eigenvalue weighted by molar-refractivity contribution is 0.784. The van der Waals surface area contributed by atoms with Crippen LogP contribution in [-0.4, -0.2) is 21.5 Å². The maximum atomic E-state index is 11.6. The summed E-state index contributed by atoms with van der Waals surface area (Å²) in [5, 5.41) is 3.22. The second-order valence-electron chi connectivity index (χ2n) is 4.37. The van der Waals surface area contributed by atoms with Gasteiger partial charge in [-0.1, -0.05) is 0 Å². The molecule has 5 nitrogen and oxygen atoms in total. The molecule has 0 radical (unpaired) electrons. The van der Waals surface area contributed by atoms with Crippen LogP contribution in [0.2, 0.25) is 0 Å². The van der Waals surface area contributed by atoms with E-state index in [4.69, 9.17) is 0 Å². The number of hydrogen-bond donors (Lipinski definition) is 2. The number of aromatic nitrogens is 3. The van der Waals surface area contributed by atoms with E-state index in [0.717, 1.165) is 48.4 Å². The van der Waals surface area contributed by atoms with E-state index in [1.165, 1.54) is 0 Å². The van der Waals surface area contributed by atoms with Crippen molar-refractivity contribution in [1.29, 1.82) is 0 Å². The zero-order chi connectivity index (χ0) is 12.4. The van der Waals surface area contributed by atoms with Crippen molar-refractivity contribution in [2.24, 2.45) is 0 Å². The zero-order valence-corrected chi connectivity index (χ0v) is 9.94. The highest BCUT2D eigenvalue weighted by Gasteiger charge is 2.15. The average molecular weight is 242 g/mol. The first kappa shape index (κ1) is 11.0. The van der Waals surface area contributed by atoms with Crippen molar-refractivity contribution in [2.75, 3.05) is 11.9 Å². The van der Waals surface area contributed by atoms with Crippen LogP contribution >= 0.6 is 0 Å². The minimum atomic E-state index is -0.318. The summed E-state index contributed by atoms with van der Waals surface area (Å²) in [5.41, 5.74) is 2.53. The van der Waals surface area contributed by atoms with Crippen molar-refractivity contribution < 1.29 is 0 Å². The number of aromatic amines is 1. The number of nitrogens with one attached hydrogen (secondary N) is 2. The predicted octanol–water partition coefficient (Wildman–Crippen LogP) is 1.58. The lowest BCUT2D eigenvalue weighted by Crippen LogP contribution is -2.17. The number of anilines is 1. The van der Waals surface area contributed by atoms with E-state index in [-0.39, 0.29) is 5.69 Å². The second kappa shape index (κ2) is 4.60. The number of hydrogen-bond acceptors (Lipinski definition) is 4. The summed E-state index contributed by atoms with van der Waals surface area (Å²) in [4.78, 5) is 22.6. The van der Waals surface area contributed by atoms with Crippen LogP contribution in [0.4, 0.5) is 5.82 Å². The Morgan fingerprint density at radius 1 is 1.28 bits per heavy atom. The summed E-state index contributed by atoms with van der Waals surface area (Å²) in [6.07, 6.45) is 6.60. The van der Waals surface area contributed by atoms with E-state index in [9.17, 15) is 4.79 Å². The van der Waals surface area contributed by atoms with E-state index in [0.29, 0.717) is 0 Å². The van der Waals surface area contributed by atoms with E-state index in [1.807, 2.05) is 12.1 Å². The van der Waals surface area contributed by atoms with Crippen molar-refractivity contribution in [2.45, 2.75) is 19.3 Å². The maximum absolute atomic E-state index is 11.6. The van der Waals surface area contributed by atoms with Gasteiger partial charge in [-0.3, -0.25) is 4.98 Å². The van der Waals surface area contributed by atoms with Gasteiger partial charge in [-0.05, 0) is 31.4 Å². The van der Waals surface area contributed by atoms with Gasteiger partial charge in [0.25, 0.3) is 0 Å². The molecule has 3 heterocycles. The van der Waals surface area contributed by atoms with Crippen LogP contribution in [0.3, 0.4) is 0 Å². The summed E-state index contributed by atoms with van der Waals surface area (Å²) >= 11 is 0. The molecule has 0 spiro atoms. The summed E-state index contributed by atoms with van der Waals surface area (Å²) in [6.45, 7) is 0.871. The molecular formula is C13H14N4O. The van der Waals surface area contributed by atoms with Crippen LogP contribution in [0.1, 0.15) is 18.4 Å². The quantitative estimate of drug-likeness (QED) is 0.796. The summed E-state index contributed by atoms with van der Waals surface area (Å²) in [7, 11) is 0. The molecule has 1 aliphatic heterocycles. The number of rotatable bonds is 1. The molecule has 0 aromatic carbocycles. The van der Waals surface area contributed by atoms with Gasteiger partial charge in [0.15, 0.2) is 0 Å². The van der Waals surface area contributed by atoms with E-state index >= 15 is 0 Å². The third-order valence-corrected chi connectivity index (χ3v) is 3.13. The van der Waals surface area contributed by atoms with Crippen LogP contribution in [0, 0.1) is 0 Å². The van der Waals surface area contributed by atoms with Gasteiger partial charge in [0.1, 0.15) is 5.82 Å². The van der Waals surface area contributed by atoms with Crippen molar-refractivity contribution in [3.8, 4) is 11.3 Å². The third-order valence-electron chi connectivity index (χ3n) is 3.13. The standard InChI is InChI=1S/C13H14N4O/c18-13-16-11(9-4-3-6-14-8-9)10-5-1-2-7-15-12(10)17-13/h3-4,6,8H,1-2,5,7H2,(H2,15,16,17,18). The lowest BCUT2D eigenvalue weighted by Gasteiger charge is -2.11. The van der Waals surface area contributed by atoms with Crippen molar-refractivity contribution in [3.05, 3.63) is 40.6 Å². The Labute approximate surface area is 104 Å². The predicted molar refractivity (Wildman–Crippen MR) is 69.5 cm³/mol. The fourth-order valence-electron chi connectivity index (χ4n) is 2.28. The van der Waals surface area contributed by atoms with Gasteiger partial charge < -0.3 is 10.3 Å². The Bertz CT molecular complexity index is 606. The molecule has 0 unspecified atom stereocenters. The fraction of sp³-hybridized carbons (Fsp3) is 0.308. The van der Waals surface area contributed by atoms with Crippen molar-refractivity contribution >= 4 is 5.82 Å². The number of fused-ring (bicyclic) bond motifs is 1. The van der Waals surface area contributed by atoms with Crippen LogP contribution in [-0.2, 0) is 6.42 Å². The first-order chi connectivity index (χ1) is 8.84. The highest BCUT2D eigenvalue weighted by molar-refractivity contribution is 5.67. The Hall–Kier alpha value is -2.17. The molecule has 0 fully saturated rings. The van der Waals surface area contributed by atoms with Gasteiger partial charge in [-0.2, -0.15) is 4.98 Å². The number of pyridine rings is 1. The van der Waals surface area contributed by atoms with Crippen molar-refractivity contribution in [3.63, 3.8) is 0 Å². The monoisotopic (exact) mass is 242 g/mol. The molecule has 2 aromatic rings. The molecule has 0 aliphatic carbocycles. The minimum absolute atomic E-state index is 0.318. The minimum Gasteiger partial charge on any atom is -0.370 e. The molecule has 3 rings (SSSR count).